The van der Waals surface area contributed by atoms with Crippen molar-refractivity contribution in [2.75, 3.05) is 20.6 Å². The summed E-state index contributed by atoms with van der Waals surface area (Å²) >= 11 is 0. The van der Waals surface area contributed by atoms with Gasteiger partial charge in [-0.05, 0) is 55.5 Å². The highest BCUT2D eigenvalue weighted by Gasteiger charge is 2.75. The van der Waals surface area contributed by atoms with Gasteiger partial charge in [0.15, 0.2) is 0 Å². The van der Waals surface area contributed by atoms with Gasteiger partial charge in [0.05, 0.1) is 18.5 Å². The van der Waals surface area contributed by atoms with Gasteiger partial charge >= 0.3 is 0 Å². The number of aryl methyl sites for hydroxylation is 2. The van der Waals surface area contributed by atoms with Crippen LogP contribution >= 0.6 is 0 Å². The number of rotatable bonds is 1. The fraction of sp³-hybridized carbons (Fsp3) is 0.500. The van der Waals surface area contributed by atoms with Crippen molar-refractivity contribution in [1.29, 1.82) is 0 Å². The zero-order chi connectivity index (χ0) is 24.8. The molecule has 2 heterocycles. The Morgan fingerprint density at radius 3 is 2.80 bits per heavy atom. The number of hydrogen-bond acceptors (Lipinski definition) is 3. The Kier molecular flexibility index (Phi) is 4.75. The molecular formula is C30H35N2O3+. The highest BCUT2D eigenvalue weighted by atomic mass is 16.5. The van der Waals surface area contributed by atoms with Crippen LogP contribution in [-0.2, 0) is 16.6 Å². The predicted molar refractivity (Wildman–Crippen MR) is 134 cm³/mol. The smallest absolute Gasteiger partial charge is 0.298 e. The lowest BCUT2D eigenvalue weighted by atomic mass is 9.43. The van der Waals surface area contributed by atoms with Gasteiger partial charge in [0.2, 0.25) is 0 Å². The van der Waals surface area contributed by atoms with Gasteiger partial charge in [-0.2, -0.15) is 4.65 Å². The highest BCUT2D eigenvalue weighted by molar-refractivity contribution is 5.94. The lowest BCUT2D eigenvalue weighted by molar-refractivity contribution is -1.12. The SMILES string of the molecule is Cc1cccc(C#CC(=O)N(C)[C@H]2CC[C@@]3(C)[C@H]4Cc5ccc(C)c6c5[C@@]3(CC[N+]4(C)O)[C@H]2O6)c1. The van der Waals surface area contributed by atoms with Gasteiger partial charge in [0, 0.05) is 42.4 Å². The summed E-state index contributed by atoms with van der Waals surface area (Å²) in [6, 6.07) is 12.4. The third-order valence-electron chi connectivity index (χ3n) is 9.87. The van der Waals surface area contributed by atoms with Crippen molar-refractivity contribution in [3.63, 3.8) is 0 Å². The first kappa shape index (κ1) is 22.6. The molecule has 1 spiro atoms. The minimum Gasteiger partial charge on any atom is -0.487 e. The number of hydrogen-bond donors (Lipinski definition) is 1. The van der Waals surface area contributed by atoms with E-state index in [1.807, 2.05) is 50.2 Å². The molecule has 35 heavy (non-hydrogen) atoms. The number of nitrogens with zero attached hydrogens (tertiary/aromatic N) is 2. The van der Waals surface area contributed by atoms with Gasteiger partial charge in [-0.25, -0.2) is 5.21 Å². The number of quaternary nitrogens is 1. The minimum absolute atomic E-state index is 0.0590. The molecule has 6 atom stereocenters. The minimum atomic E-state index is -0.200. The molecule has 2 aromatic rings. The van der Waals surface area contributed by atoms with Crippen molar-refractivity contribution < 1.29 is 19.4 Å². The molecule has 0 aromatic heterocycles. The maximum absolute atomic E-state index is 13.3. The van der Waals surface area contributed by atoms with E-state index in [1.165, 1.54) is 11.1 Å². The first-order valence-electron chi connectivity index (χ1n) is 12.8. The second kappa shape index (κ2) is 7.35. The van der Waals surface area contributed by atoms with E-state index >= 15 is 0 Å². The van der Waals surface area contributed by atoms with Gasteiger partial charge < -0.3 is 9.64 Å². The van der Waals surface area contributed by atoms with Crippen molar-refractivity contribution in [1.82, 2.24) is 4.90 Å². The highest BCUT2D eigenvalue weighted by Crippen LogP contribution is 2.69. The fourth-order valence-corrected chi connectivity index (χ4v) is 8.05. The normalized spacial score (nSPS) is 35.9. The van der Waals surface area contributed by atoms with Crippen LogP contribution in [0.25, 0.3) is 0 Å². The summed E-state index contributed by atoms with van der Waals surface area (Å²) in [5.41, 5.74) is 5.51. The molecule has 1 saturated heterocycles. The van der Waals surface area contributed by atoms with Crippen LogP contribution in [-0.4, -0.2) is 59.5 Å². The average molecular weight is 472 g/mol. The molecule has 1 N–H and O–H groups in total. The number of hydroxylamine groups is 3. The molecule has 1 unspecified atom stereocenters. The third kappa shape index (κ3) is 2.93. The first-order valence-corrected chi connectivity index (χ1v) is 12.8. The average Bonchev–Trinajstić information content (AvgIpc) is 3.17. The summed E-state index contributed by atoms with van der Waals surface area (Å²) in [4.78, 5) is 15.1. The van der Waals surface area contributed by atoms with Crippen molar-refractivity contribution >= 4 is 5.91 Å². The summed E-state index contributed by atoms with van der Waals surface area (Å²) in [5, 5.41) is 11.4. The summed E-state index contributed by atoms with van der Waals surface area (Å²) < 4.78 is 6.94. The molecule has 1 amide bonds. The number of piperidine rings is 1. The number of carbonyl (C=O) groups is 1. The first-order chi connectivity index (χ1) is 16.6. The molecule has 6 rings (SSSR count). The topological polar surface area (TPSA) is 49.8 Å². The number of amides is 1. The molecule has 1 saturated carbocycles. The van der Waals surface area contributed by atoms with Crippen LogP contribution in [0.15, 0.2) is 36.4 Å². The molecule has 2 aromatic carbocycles. The van der Waals surface area contributed by atoms with E-state index in [4.69, 9.17) is 4.74 Å². The van der Waals surface area contributed by atoms with Crippen LogP contribution < -0.4 is 4.74 Å². The fourth-order valence-electron chi connectivity index (χ4n) is 8.05. The molecule has 182 valence electrons. The van der Waals surface area contributed by atoms with Crippen LogP contribution in [0.3, 0.4) is 0 Å². The van der Waals surface area contributed by atoms with Gasteiger partial charge in [-0.3, -0.25) is 4.79 Å². The molecule has 5 heteroatoms. The van der Waals surface area contributed by atoms with E-state index in [0.717, 1.165) is 48.1 Å². The lowest BCUT2D eigenvalue weighted by Gasteiger charge is -2.65. The Labute approximate surface area is 208 Å². The number of benzene rings is 2. The standard InChI is InChI=1S/C30H35N2O3/c1-19-7-6-8-21(17-19)10-12-25(33)31(4)23-13-14-29(3)24-18-22-11-9-20(2)27-26(22)30(29,28(23)35-27)15-16-32(24,5)34/h6-9,11,17,23-24,28,34H,13-16,18H2,1-5H3/q+1/t23-,24+,28-,29-,30-,32?/m0/s1. The second-order valence-corrected chi connectivity index (χ2v) is 11.7. The molecule has 0 radical (unpaired) electrons. The maximum Gasteiger partial charge on any atom is 0.298 e. The molecule has 2 bridgehead atoms. The lowest BCUT2D eigenvalue weighted by Crippen LogP contribution is -2.76. The van der Waals surface area contributed by atoms with Crippen molar-refractivity contribution in [2.45, 2.75) is 70.1 Å². The number of likely N-dealkylation sites (N-methyl/N-ethyl adjacent to an activating group) is 2. The third-order valence-corrected chi connectivity index (χ3v) is 9.87. The van der Waals surface area contributed by atoms with Crippen LogP contribution in [0.2, 0.25) is 0 Å². The predicted octanol–water partition coefficient (Wildman–Crippen LogP) is 4.15. The molecule has 2 aliphatic carbocycles. The summed E-state index contributed by atoms with van der Waals surface area (Å²) in [5.74, 6) is 6.80. The largest absolute Gasteiger partial charge is 0.487 e. The van der Waals surface area contributed by atoms with E-state index in [-0.39, 0.29) is 39.6 Å². The molecular weight excluding hydrogens is 436 g/mol. The monoisotopic (exact) mass is 471 g/mol. The molecule has 2 fully saturated rings. The van der Waals surface area contributed by atoms with Gasteiger partial charge in [-0.15, -0.1) is 0 Å². The van der Waals surface area contributed by atoms with E-state index < -0.39 is 0 Å². The number of likely N-dealkylation sites (tertiary alicyclic amines) is 1. The van der Waals surface area contributed by atoms with E-state index in [2.05, 4.69) is 37.8 Å². The van der Waals surface area contributed by atoms with Gasteiger partial charge in [0.25, 0.3) is 5.91 Å². The quantitative estimate of drug-likeness (QED) is 0.502. The van der Waals surface area contributed by atoms with Gasteiger partial charge in [0.1, 0.15) is 24.4 Å². The van der Waals surface area contributed by atoms with E-state index in [0.29, 0.717) is 6.54 Å². The number of ether oxygens (including phenoxy) is 1. The zero-order valence-corrected chi connectivity index (χ0v) is 21.4. The molecule has 4 aliphatic rings. The Morgan fingerprint density at radius 1 is 1.23 bits per heavy atom. The summed E-state index contributed by atoms with van der Waals surface area (Å²) in [6.45, 7) is 7.22. The van der Waals surface area contributed by atoms with Crippen molar-refractivity contribution in [3.8, 4) is 17.6 Å². The Balaban J connectivity index is 1.41. The van der Waals surface area contributed by atoms with Crippen molar-refractivity contribution in [2.24, 2.45) is 5.41 Å². The Morgan fingerprint density at radius 2 is 2.03 bits per heavy atom. The zero-order valence-electron chi connectivity index (χ0n) is 21.4. The Bertz CT molecular complexity index is 1300. The molecule has 5 nitrogen and oxygen atoms in total. The van der Waals surface area contributed by atoms with Crippen LogP contribution in [0.4, 0.5) is 0 Å². The van der Waals surface area contributed by atoms with E-state index in [9.17, 15) is 10.0 Å². The van der Waals surface area contributed by atoms with Crippen LogP contribution in [0.1, 0.15) is 54.0 Å². The maximum atomic E-state index is 13.3. The van der Waals surface area contributed by atoms with Crippen LogP contribution in [0, 0.1) is 31.1 Å². The summed E-state index contributed by atoms with van der Waals surface area (Å²) in [6.07, 6.45) is 3.39. The van der Waals surface area contributed by atoms with Crippen molar-refractivity contribution in [3.05, 3.63) is 64.2 Å². The second-order valence-electron chi connectivity index (χ2n) is 11.7. The number of carbonyl (C=O) groups excluding carboxylic acids is 1. The van der Waals surface area contributed by atoms with Gasteiger partial charge in [-0.1, -0.05) is 37.1 Å². The van der Waals surface area contributed by atoms with Crippen LogP contribution in [0.5, 0.6) is 5.75 Å². The summed E-state index contributed by atoms with van der Waals surface area (Å²) in [7, 11) is 3.85. The van der Waals surface area contributed by atoms with E-state index in [1.54, 1.807) is 0 Å². The Hall–Kier alpha value is -2.81. The molecule has 2 aliphatic heterocycles.